The first-order chi connectivity index (χ1) is 11.7. The Kier molecular flexibility index (Phi) is 3.84. The summed E-state index contributed by atoms with van der Waals surface area (Å²) in [5.41, 5.74) is 6.69. The third-order valence-electron chi connectivity index (χ3n) is 4.28. The van der Waals surface area contributed by atoms with Gasteiger partial charge in [0.25, 0.3) is 0 Å². The molecule has 3 nitrogen and oxygen atoms in total. The maximum Gasteiger partial charge on any atom is 0.145 e. The van der Waals surface area contributed by atoms with E-state index in [0.717, 1.165) is 22.3 Å². The van der Waals surface area contributed by atoms with Crippen molar-refractivity contribution in [3.8, 4) is 22.5 Å². The fraction of sp³-hybridized carbons (Fsp3) is 0.100. The highest BCUT2D eigenvalue weighted by atomic mass is 127. The fourth-order valence-corrected chi connectivity index (χ4v) is 4.22. The van der Waals surface area contributed by atoms with E-state index in [4.69, 9.17) is 0 Å². The number of aromatic nitrogens is 3. The molecule has 0 spiro atoms. The molecule has 0 amide bonds. The van der Waals surface area contributed by atoms with Crippen LogP contribution in [-0.4, -0.2) is 14.5 Å². The summed E-state index contributed by atoms with van der Waals surface area (Å²) in [6.45, 7) is 2.10. The van der Waals surface area contributed by atoms with Crippen molar-refractivity contribution in [1.29, 1.82) is 0 Å². The fourth-order valence-electron chi connectivity index (χ4n) is 3.05. The monoisotopic (exact) mass is 425 g/mol. The number of aryl methyl sites for hydroxylation is 2. The quantitative estimate of drug-likeness (QED) is 0.413. The number of fused-ring (bicyclic) bond motifs is 1. The molecule has 4 rings (SSSR count). The SMILES string of the molecule is Cc1ccc(-c2ncnc3c2c(I)c(-c2ccccc2)n3C)cc1. The summed E-state index contributed by atoms with van der Waals surface area (Å²) in [4.78, 5) is 9.13. The van der Waals surface area contributed by atoms with Gasteiger partial charge in [0.05, 0.1) is 20.3 Å². The minimum atomic E-state index is 0.962. The Morgan fingerprint density at radius 3 is 2.29 bits per heavy atom. The summed E-state index contributed by atoms with van der Waals surface area (Å²) in [6, 6.07) is 18.9. The zero-order valence-corrected chi connectivity index (χ0v) is 15.7. The summed E-state index contributed by atoms with van der Waals surface area (Å²) >= 11 is 2.42. The Morgan fingerprint density at radius 1 is 0.875 bits per heavy atom. The molecule has 0 radical (unpaired) electrons. The molecule has 2 heterocycles. The van der Waals surface area contributed by atoms with Crippen LogP contribution in [0.3, 0.4) is 0 Å². The number of nitrogens with zero attached hydrogens (tertiary/aromatic N) is 3. The molecule has 0 bridgehead atoms. The van der Waals surface area contributed by atoms with Crippen molar-refractivity contribution in [2.75, 3.05) is 0 Å². The zero-order valence-electron chi connectivity index (χ0n) is 13.5. The van der Waals surface area contributed by atoms with E-state index in [1.807, 2.05) is 6.07 Å². The maximum atomic E-state index is 4.59. The van der Waals surface area contributed by atoms with Crippen LogP contribution >= 0.6 is 22.6 Å². The average Bonchev–Trinajstić information content (AvgIpc) is 2.87. The summed E-state index contributed by atoms with van der Waals surface area (Å²) in [5.74, 6) is 0. The number of hydrogen-bond donors (Lipinski definition) is 0. The topological polar surface area (TPSA) is 30.7 Å². The maximum absolute atomic E-state index is 4.59. The Balaban J connectivity index is 2.03. The highest BCUT2D eigenvalue weighted by Gasteiger charge is 2.19. The first-order valence-electron chi connectivity index (χ1n) is 7.78. The molecule has 0 aliphatic carbocycles. The van der Waals surface area contributed by atoms with Gasteiger partial charge in [0.1, 0.15) is 12.0 Å². The van der Waals surface area contributed by atoms with Gasteiger partial charge in [-0.05, 0) is 35.1 Å². The smallest absolute Gasteiger partial charge is 0.145 e. The van der Waals surface area contributed by atoms with Crippen LogP contribution in [0, 0.1) is 10.5 Å². The van der Waals surface area contributed by atoms with Gasteiger partial charge in [-0.3, -0.25) is 0 Å². The second-order valence-electron chi connectivity index (χ2n) is 5.87. The van der Waals surface area contributed by atoms with E-state index in [-0.39, 0.29) is 0 Å². The van der Waals surface area contributed by atoms with Gasteiger partial charge in [0.15, 0.2) is 0 Å². The molecule has 2 aromatic heterocycles. The van der Waals surface area contributed by atoms with Gasteiger partial charge in [0.2, 0.25) is 0 Å². The van der Waals surface area contributed by atoms with E-state index in [0.29, 0.717) is 0 Å². The average molecular weight is 425 g/mol. The van der Waals surface area contributed by atoms with E-state index < -0.39 is 0 Å². The number of rotatable bonds is 2. The van der Waals surface area contributed by atoms with Gasteiger partial charge in [-0.15, -0.1) is 0 Å². The third-order valence-corrected chi connectivity index (χ3v) is 5.33. The summed E-state index contributed by atoms with van der Waals surface area (Å²) in [7, 11) is 2.07. The lowest BCUT2D eigenvalue weighted by Crippen LogP contribution is -1.94. The molecule has 0 fully saturated rings. The van der Waals surface area contributed by atoms with Crippen LogP contribution in [0.15, 0.2) is 60.9 Å². The molecule has 4 heteroatoms. The molecular weight excluding hydrogens is 409 g/mol. The predicted molar refractivity (Wildman–Crippen MR) is 107 cm³/mol. The van der Waals surface area contributed by atoms with E-state index in [2.05, 4.69) is 99.6 Å². The summed E-state index contributed by atoms with van der Waals surface area (Å²) < 4.78 is 3.35. The van der Waals surface area contributed by atoms with Crippen molar-refractivity contribution in [1.82, 2.24) is 14.5 Å². The van der Waals surface area contributed by atoms with Crippen molar-refractivity contribution in [2.24, 2.45) is 7.05 Å². The van der Waals surface area contributed by atoms with E-state index in [1.165, 1.54) is 20.4 Å². The predicted octanol–water partition coefficient (Wildman–Crippen LogP) is 5.22. The molecule has 24 heavy (non-hydrogen) atoms. The molecule has 0 saturated carbocycles. The molecule has 4 aromatic rings. The standard InChI is InChI=1S/C20H16IN3/c1-13-8-10-14(11-9-13)18-16-17(21)19(15-6-4-3-5-7-15)24(2)20(16)23-12-22-18/h3-12H,1-2H3. The van der Waals surface area contributed by atoms with Crippen molar-refractivity contribution in [3.63, 3.8) is 0 Å². The lowest BCUT2D eigenvalue weighted by Gasteiger charge is -2.04. The van der Waals surface area contributed by atoms with Gasteiger partial charge in [0, 0.05) is 12.6 Å². The van der Waals surface area contributed by atoms with Crippen LogP contribution in [0.4, 0.5) is 0 Å². The largest absolute Gasteiger partial charge is 0.327 e. The highest BCUT2D eigenvalue weighted by Crippen LogP contribution is 2.37. The minimum absolute atomic E-state index is 0.962. The summed E-state index contributed by atoms with van der Waals surface area (Å²) in [5, 5.41) is 1.11. The van der Waals surface area contributed by atoms with Crippen molar-refractivity contribution in [2.45, 2.75) is 6.92 Å². The molecule has 2 aromatic carbocycles. The van der Waals surface area contributed by atoms with Crippen LogP contribution in [0.5, 0.6) is 0 Å². The molecule has 0 aliphatic heterocycles. The van der Waals surface area contributed by atoms with Crippen molar-refractivity contribution >= 4 is 33.6 Å². The second kappa shape index (κ2) is 6.02. The van der Waals surface area contributed by atoms with Crippen LogP contribution in [0.1, 0.15) is 5.56 Å². The molecular formula is C20H16IN3. The Labute approximate surface area is 154 Å². The Bertz CT molecular complexity index is 1020. The number of hydrogen-bond acceptors (Lipinski definition) is 2. The number of benzene rings is 2. The molecule has 0 atom stereocenters. The molecule has 0 saturated heterocycles. The van der Waals surface area contributed by atoms with Crippen LogP contribution < -0.4 is 0 Å². The van der Waals surface area contributed by atoms with Crippen LogP contribution in [-0.2, 0) is 7.05 Å². The van der Waals surface area contributed by atoms with Crippen molar-refractivity contribution in [3.05, 3.63) is 70.1 Å². The first-order valence-corrected chi connectivity index (χ1v) is 8.86. The normalized spacial score (nSPS) is 11.1. The van der Waals surface area contributed by atoms with Gasteiger partial charge in [-0.1, -0.05) is 60.2 Å². The zero-order chi connectivity index (χ0) is 16.7. The van der Waals surface area contributed by atoms with Gasteiger partial charge < -0.3 is 4.57 Å². The van der Waals surface area contributed by atoms with E-state index >= 15 is 0 Å². The van der Waals surface area contributed by atoms with Crippen LogP contribution in [0.2, 0.25) is 0 Å². The van der Waals surface area contributed by atoms with Gasteiger partial charge in [-0.2, -0.15) is 0 Å². The minimum Gasteiger partial charge on any atom is -0.327 e. The lowest BCUT2D eigenvalue weighted by molar-refractivity contribution is 0.950. The highest BCUT2D eigenvalue weighted by molar-refractivity contribution is 14.1. The molecule has 0 unspecified atom stereocenters. The number of halogens is 1. The van der Waals surface area contributed by atoms with Crippen molar-refractivity contribution < 1.29 is 0 Å². The van der Waals surface area contributed by atoms with Gasteiger partial charge >= 0.3 is 0 Å². The molecule has 0 N–H and O–H groups in total. The van der Waals surface area contributed by atoms with E-state index in [1.54, 1.807) is 6.33 Å². The van der Waals surface area contributed by atoms with Crippen LogP contribution in [0.25, 0.3) is 33.5 Å². The molecule has 0 aliphatic rings. The third kappa shape index (κ3) is 2.41. The molecule has 118 valence electrons. The lowest BCUT2D eigenvalue weighted by atomic mass is 10.1. The van der Waals surface area contributed by atoms with Gasteiger partial charge in [-0.25, -0.2) is 9.97 Å². The second-order valence-corrected chi connectivity index (χ2v) is 6.95. The Hall–Kier alpha value is -2.21. The first kappa shape index (κ1) is 15.3. The summed E-state index contributed by atoms with van der Waals surface area (Å²) in [6.07, 6.45) is 1.66. The van der Waals surface area contributed by atoms with E-state index in [9.17, 15) is 0 Å². The Morgan fingerprint density at radius 2 is 1.58 bits per heavy atom.